The van der Waals surface area contributed by atoms with Gasteiger partial charge in [0.15, 0.2) is 0 Å². The van der Waals surface area contributed by atoms with E-state index in [1.54, 1.807) is 36.4 Å². The molecule has 21 heavy (non-hydrogen) atoms. The molecule has 0 heterocycles. The van der Waals surface area contributed by atoms with Crippen LogP contribution in [0.4, 0.5) is 4.39 Å². The molecule has 0 saturated heterocycles. The number of hydrogen-bond acceptors (Lipinski definition) is 3. The van der Waals surface area contributed by atoms with E-state index in [2.05, 4.69) is 10.2 Å². The molecule has 0 aliphatic heterocycles. The second kappa shape index (κ2) is 7.04. The van der Waals surface area contributed by atoms with E-state index in [-0.39, 0.29) is 18.4 Å². The van der Waals surface area contributed by atoms with Crippen LogP contribution in [0.2, 0.25) is 0 Å². The van der Waals surface area contributed by atoms with Crippen molar-refractivity contribution in [1.82, 2.24) is 0 Å². The minimum atomic E-state index is -0.289. The van der Waals surface area contributed by atoms with Crippen molar-refractivity contribution in [2.45, 2.75) is 6.61 Å². The topological polar surface area (TPSA) is 86.0 Å². The average molecular weight is 286 g/mol. The third-order valence-electron chi connectivity index (χ3n) is 2.59. The first-order valence-electron chi connectivity index (χ1n) is 6.23. The molecule has 0 unspecified atom stereocenters. The molecule has 0 amide bonds. The van der Waals surface area contributed by atoms with Gasteiger partial charge >= 0.3 is 0 Å². The summed E-state index contributed by atoms with van der Waals surface area (Å²) in [7, 11) is 0. The summed E-state index contributed by atoms with van der Waals surface area (Å²) >= 11 is 0. The minimum absolute atomic E-state index is 0.113. The Bertz CT molecular complexity index is 666. The van der Waals surface area contributed by atoms with Crippen LogP contribution in [0.5, 0.6) is 5.75 Å². The summed E-state index contributed by atoms with van der Waals surface area (Å²) in [6.07, 6.45) is 1.50. The first-order chi connectivity index (χ1) is 10.1. The van der Waals surface area contributed by atoms with Crippen LogP contribution >= 0.6 is 0 Å². The average Bonchev–Trinajstić information content (AvgIpc) is 2.46. The predicted octanol–water partition coefficient (Wildman–Crippen LogP) is 2.01. The second-order valence-corrected chi connectivity index (χ2v) is 4.22. The van der Waals surface area contributed by atoms with Gasteiger partial charge in [-0.1, -0.05) is 30.3 Å². The molecule has 0 spiro atoms. The molecule has 0 fully saturated rings. The smallest absolute Gasteiger partial charge is 0.211 e. The first-order valence-corrected chi connectivity index (χ1v) is 6.23. The highest BCUT2D eigenvalue weighted by atomic mass is 19.1. The van der Waals surface area contributed by atoms with Gasteiger partial charge in [-0.25, -0.2) is 4.39 Å². The molecule has 0 bridgehead atoms. The van der Waals surface area contributed by atoms with Crippen molar-refractivity contribution in [3.8, 4) is 5.75 Å². The normalized spacial score (nSPS) is 10.5. The molecule has 4 N–H and O–H groups in total. The Kier molecular flexibility index (Phi) is 4.87. The Morgan fingerprint density at radius 1 is 1.14 bits per heavy atom. The van der Waals surface area contributed by atoms with Gasteiger partial charge in [-0.15, -0.1) is 5.10 Å². The van der Waals surface area contributed by atoms with E-state index in [0.717, 1.165) is 5.56 Å². The SMILES string of the molecule is NC(N)=N/N=C/c1cccc(OCc2ccccc2F)c1. The number of guanidine groups is 1. The van der Waals surface area contributed by atoms with Crippen LogP contribution in [-0.2, 0) is 6.61 Å². The molecule has 0 radical (unpaired) electrons. The molecule has 0 atom stereocenters. The lowest BCUT2D eigenvalue weighted by Gasteiger charge is -2.07. The number of rotatable bonds is 5. The van der Waals surface area contributed by atoms with E-state index in [0.29, 0.717) is 11.3 Å². The van der Waals surface area contributed by atoms with E-state index < -0.39 is 0 Å². The molecule has 2 aromatic rings. The molecule has 0 aromatic heterocycles. The number of halogens is 1. The van der Waals surface area contributed by atoms with Gasteiger partial charge in [0, 0.05) is 5.56 Å². The third-order valence-corrected chi connectivity index (χ3v) is 2.59. The van der Waals surface area contributed by atoms with Gasteiger partial charge in [0.1, 0.15) is 18.2 Å². The fourth-order valence-electron chi connectivity index (χ4n) is 1.62. The lowest BCUT2D eigenvalue weighted by Crippen LogP contribution is -2.21. The lowest BCUT2D eigenvalue weighted by atomic mass is 10.2. The molecule has 0 aliphatic rings. The fraction of sp³-hybridized carbons (Fsp3) is 0.0667. The van der Waals surface area contributed by atoms with Crippen molar-refractivity contribution >= 4 is 12.2 Å². The molecule has 2 aromatic carbocycles. The Labute approximate surface area is 121 Å². The molecule has 2 rings (SSSR count). The van der Waals surface area contributed by atoms with Crippen LogP contribution in [0.25, 0.3) is 0 Å². The van der Waals surface area contributed by atoms with E-state index in [1.165, 1.54) is 12.3 Å². The van der Waals surface area contributed by atoms with Crippen molar-refractivity contribution < 1.29 is 9.13 Å². The number of benzene rings is 2. The Morgan fingerprint density at radius 3 is 2.71 bits per heavy atom. The quantitative estimate of drug-likeness (QED) is 0.501. The van der Waals surface area contributed by atoms with Crippen molar-refractivity contribution in [1.29, 1.82) is 0 Å². The molecule has 108 valence electrons. The molecule has 5 nitrogen and oxygen atoms in total. The Hall–Kier alpha value is -2.89. The maximum Gasteiger partial charge on any atom is 0.211 e. The summed E-state index contributed by atoms with van der Waals surface area (Å²) in [6.45, 7) is 0.154. The van der Waals surface area contributed by atoms with Gasteiger partial charge in [0.2, 0.25) is 5.96 Å². The van der Waals surface area contributed by atoms with Crippen molar-refractivity contribution in [3.63, 3.8) is 0 Å². The zero-order valence-corrected chi connectivity index (χ0v) is 11.2. The van der Waals surface area contributed by atoms with Crippen molar-refractivity contribution in [2.75, 3.05) is 0 Å². The summed E-state index contributed by atoms with van der Waals surface area (Å²) in [6, 6.07) is 13.6. The molecule has 0 aliphatic carbocycles. The van der Waals surface area contributed by atoms with Crippen LogP contribution in [0.15, 0.2) is 58.7 Å². The van der Waals surface area contributed by atoms with Crippen molar-refractivity contribution in [3.05, 3.63) is 65.5 Å². The summed E-state index contributed by atoms with van der Waals surface area (Å²) in [4.78, 5) is 0. The summed E-state index contributed by atoms with van der Waals surface area (Å²) < 4.78 is 19.0. The highest BCUT2D eigenvalue weighted by Crippen LogP contribution is 2.15. The van der Waals surface area contributed by atoms with Gasteiger partial charge in [-0.05, 0) is 23.8 Å². The molecule has 6 heteroatoms. The highest BCUT2D eigenvalue weighted by molar-refractivity contribution is 5.81. The maximum absolute atomic E-state index is 13.5. The second-order valence-electron chi connectivity index (χ2n) is 4.22. The van der Waals surface area contributed by atoms with Crippen LogP contribution in [-0.4, -0.2) is 12.2 Å². The molecular formula is C15H15FN4O. The van der Waals surface area contributed by atoms with Crippen molar-refractivity contribution in [2.24, 2.45) is 21.7 Å². The molecular weight excluding hydrogens is 271 g/mol. The van der Waals surface area contributed by atoms with Crippen LogP contribution < -0.4 is 16.2 Å². The van der Waals surface area contributed by atoms with Crippen LogP contribution in [0.3, 0.4) is 0 Å². The Morgan fingerprint density at radius 2 is 1.95 bits per heavy atom. The van der Waals surface area contributed by atoms with Crippen LogP contribution in [0.1, 0.15) is 11.1 Å². The summed E-state index contributed by atoms with van der Waals surface area (Å²) in [5.41, 5.74) is 11.6. The van der Waals surface area contributed by atoms with Gasteiger partial charge < -0.3 is 16.2 Å². The third kappa shape index (κ3) is 4.61. The van der Waals surface area contributed by atoms with Crippen LogP contribution in [0, 0.1) is 5.82 Å². The van der Waals surface area contributed by atoms with Gasteiger partial charge in [-0.3, -0.25) is 0 Å². The predicted molar refractivity (Wildman–Crippen MR) is 80.6 cm³/mol. The van der Waals surface area contributed by atoms with Gasteiger partial charge in [0.25, 0.3) is 0 Å². The summed E-state index contributed by atoms with van der Waals surface area (Å²) in [5.74, 6) is 0.202. The summed E-state index contributed by atoms with van der Waals surface area (Å²) in [5, 5.41) is 7.22. The van der Waals surface area contributed by atoms with E-state index >= 15 is 0 Å². The van der Waals surface area contributed by atoms with Gasteiger partial charge in [0.05, 0.1) is 6.21 Å². The largest absolute Gasteiger partial charge is 0.489 e. The van der Waals surface area contributed by atoms with E-state index in [9.17, 15) is 4.39 Å². The fourth-order valence-corrected chi connectivity index (χ4v) is 1.62. The first kappa shape index (κ1) is 14.5. The van der Waals surface area contributed by atoms with E-state index in [4.69, 9.17) is 16.2 Å². The zero-order valence-electron chi connectivity index (χ0n) is 11.2. The zero-order chi connectivity index (χ0) is 15.1. The molecule has 0 saturated carbocycles. The van der Waals surface area contributed by atoms with Gasteiger partial charge in [-0.2, -0.15) is 5.10 Å². The maximum atomic E-state index is 13.5. The Balaban J connectivity index is 2.03. The highest BCUT2D eigenvalue weighted by Gasteiger charge is 2.02. The lowest BCUT2D eigenvalue weighted by molar-refractivity contribution is 0.300. The standard InChI is InChI=1S/C15H15FN4O/c16-14-7-2-1-5-12(14)10-21-13-6-3-4-11(8-13)9-19-20-15(17)18/h1-9H,10H2,(H4,17,18,20)/b19-9+. The number of ether oxygens (including phenoxy) is 1. The van der Waals surface area contributed by atoms with E-state index in [1.807, 2.05) is 6.07 Å². The number of hydrogen-bond donors (Lipinski definition) is 2. The number of nitrogens with two attached hydrogens (primary N) is 2. The number of nitrogens with zero attached hydrogens (tertiary/aromatic N) is 2. The monoisotopic (exact) mass is 286 g/mol. The minimum Gasteiger partial charge on any atom is -0.489 e.